The molecule has 1 aliphatic rings. The van der Waals surface area contributed by atoms with Gasteiger partial charge in [0.15, 0.2) is 0 Å². The van der Waals surface area contributed by atoms with E-state index in [4.69, 9.17) is 0 Å². The van der Waals surface area contributed by atoms with Crippen molar-refractivity contribution >= 4 is 5.91 Å². The van der Waals surface area contributed by atoms with Gasteiger partial charge in [0.2, 0.25) is 0 Å². The first-order chi connectivity index (χ1) is 11.2. The number of benzene rings is 1. The van der Waals surface area contributed by atoms with Crippen molar-refractivity contribution in [3.63, 3.8) is 0 Å². The molecule has 1 heterocycles. The van der Waals surface area contributed by atoms with Crippen LogP contribution in [0.4, 0.5) is 0 Å². The predicted octanol–water partition coefficient (Wildman–Crippen LogP) is 2.43. The quantitative estimate of drug-likeness (QED) is 0.854. The molecule has 23 heavy (non-hydrogen) atoms. The van der Waals surface area contributed by atoms with Gasteiger partial charge in [-0.05, 0) is 44.6 Å². The number of aromatic nitrogens is 2. The zero-order valence-electron chi connectivity index (χ0n) is 13.8. The van der Waals surface area contributed by atoms with Gasteiger partial charge < -0.3 is 10.2 Å². The lowest BCUT2D eigenvalue weighted by Gasteiger charge is -2.14. The van der Waals surface area contributed by atoms with Crippen LogP contribution in [-0.4, -0.2) is 47.3 Å². The topological polar surface area (TPSA) is 50.2 Å². The molecule has 0 atom stereocenters. The van der Waals surface area contributed by atoms with Crippen LogP contribution in [0.2, 0.25) is 0 Å². The number of hydrogen-bond acceptors (Lipinski definition) is 3. The molecule has 1 fully saturated rings. The Morgan fingerprint density at radius 1 is 1.35 bits per heavy atom. The molecule has 3 rings (SSSR count). The van der Waals surface area contributed by atoms with Crippen molar-refractivity contribution < 1.29 is 4.79 Å². The Labute approximate surface area is 137 Å². The zero-order valence-corrected chi connectivity index (χ0v) is 13.8. The van der Waals surface area contributed by atoms with Crippen LogP contribution in [0.25, 0.3) is 5.69 Å². The lowest BCUT2D eigenvalue weighted by Crippen LogP contribution is -2.33. The van der Waals surface area contributed by atoms with Gasteiger partial charge >= 0.3 is 0 Å². The molecule has 5 nitrogen and oxygen atoms in total. The van der Waals surface area contributed by atoms with Gasteiger partial charge in [-0.15, -0.1) is 0 Å². The highest BCUT2D eigenvalue weighted by molar-refractivity contribution is 5.93. The maximum Gasteiger partial charge on any atom is 0.270 e. The maximum atomic E-state index is 12.6. The van der Waals surface area contributed by atoms with Crippen molar-refractivity contribution in [3.8, 4) is 5.69 Å². The van der Waals surface area contributed by atoms with Gasteiger partial charge in [0.25, 0.3) is 5.91 Å². The molecule has 122 valence electrons. The average Bonchev–Trinajstić information content (AvgIpc) is 3.34. The molecule has 1 aliphatic carbocycles. The molecule has 1 N–H and O–H groups in total. The molecule has 0 radical (unpaired) electrons. The third-order valence-corrected chi connectivity index (χ3v) is 4.28. The number of nitrogens with zero attached hydrogens (tertiary/aromatic N) is 3. The number of hydrogen-bond donors (Lipinski definition) is 1. The molecule has 2 aromatic rings. The lowest BCUT2D eigenvalue weighted by atomic mass is 10.2. The molecule has 1 amide bonds. The fourth-order valence-corrected chi connectivity index (χ4v) is 2.51. The van der Waals surface area contributed by atoms with Crippen molar-refractivity contribution in [1.82, 2.24) is 20.0 Å². The van der Waals surface area contributed by atoms with E-state index in [-0.39, 0.29) is 5.91 Å². The summed E-state index contributed by atoms with van der Waals surface area (Å²) in [5.41, 5.74) is 2.58. The van der Waals surface area contributed by atoms with E-state index < -0.39 is 0 Å². The van der Waals surface area contributed by atoms with Gasteiger partial charge in [-0.3, -0.25) is 4.79 Å². The summed E-state index contributed by atoms with van der Waals surface area (Å²) in [6, 6.07) is 11.8. The minimum absolute atomic E-state index is 0.0576. The smallest absolute Gasteiger partial charge is 0.270 e. The second-order valence-electron chi connectivity index (χ2n) is 6.13. The van der Waals surface area contributed by atoms with Gasteiger partial charge in [-0.1, -0.05) is 25.1 Å². The minimum atomic E-state index is -0.0576. The molecule has 1 aromatic carbocycles. The first-order valence-corrected chi connectivity index (χ1v) is 8.31. The SMILES string of the molecule is CCN(C)CCNC(=O)c1cc(C2CC2)nn1-c1ccccc1. The first kappa shape index (κ1) is 15.7. The predicted molar refractivity (Wildman–Crippen MR) is 91.0 cm³/mol. The van der Waals surface area contributed by atoms with Gasteiger partial charge in [0.1, 0.15) is 5.69 Å². The molecule has 0 unspecified atom stereocenters. The number of likely N-dealkylation sites (N-methyl/N-ethyl adjacent to an activating group) is 1. The standard InChI is InChI=1S/C18H24N4O/c1-3-21(2)12-11-19-18(23)17-13-16(14-9-10-14)20-22(17)15-7-5-4-6-8-15/h4-8,13-14H,3,9-12H2,1-2H3,(H,19,23). The number of carbonyl (C=O) groups is 1. The minimum Gasteiger partial charge on any atom is -0.349 e. The van der Waals surface area contributed by atoms with Crippen molar-refractivity contribution in [2.24, 2.45) is 0 Å². The Bertz CT molecular complexity index is 661. The van der Waals surface area contributed by atoms with E-state index in [1.807, 2.05) is 43.4 Å². The van der Waals surface area contributed by atoms with Gasteiger partial charge in [-0.2, -0.15) is 5.10 Å². The highest BCUT2D eigenvalue weighted by Gasteiger charge is 2.28. The van der Waals surface area contributed by atoms with Crippen LogP contribution in [0, 0.1) is 0 Å². The van der Waals surface area contributed by atoms with Gasteiger partial charge in [0.05, 0.1) is 11.4 Å². The second-order valence-corrected chi connectivity index (χ2v) is 6.13. The molecule has 1 saturated carbocycles. The van der Waals surface area contributed by atoms with E-state index in [9.17, 15) is 4.79 Å². The normalized spacial score (nSPS) is 14.2. The van der Waals surface area contributed by atoms with Gasteiger partial charge in [0, 0.05) is 19.0 Å². The number of rotatable bonds is 7. The van der Waals surface area contributed by atoms with E-state index in [0.29, 0.717) is 18.2 Å². The third kappa shape index (κ3) is 3.79. The average molecular weight is 312 g/mol. The summed E-state index contributed by atoms with van der Waals surface area (Å²) in [5, 5.41) is 7.67. The summed E-state index contributed by atoms with van der Waals surface area (Å²) in [7, 11) is 2.05. The molecular formula is C18H24N4O. The third-order valence-electron chi connectivity index (χ3n) is 4.28. The Balaban J connectivity index is 1.78. The van der Waals surface area contributed by atoms with Crippen molar-refractivity contribution in [3.05, 3.63) is 47.8 Å². The van der Waals surface area contributed by atoms with Crippen LogP contribution in [0.5, 0.6) is 0 Å². The fraction of sp³-hybridized carbons (Fsp3) is 0.444. The van der Waals surface area contributed by atoms with Crippen molar-refractivity contribution in [1.29, 1.82) is 0 Å². The Kier molecular flexibility index (Phi) is 4.76. The van der Waals surface area contributed by atoms with Crippen LogP contribution >= 0.6 is 0 Å². The van der Waals surface area contributed by atoms with E-state index in [2.05, 4.69) is 22.2 Å². The zero-order chi connectivity index (χ0) is 16.2. The van der Waals surface area contributed by atoms with Crippen molar-refractivity contribution in [2.75, 3.05) is 26.7 Å². The van der Waals surface area contributed by atoms with Crippen molar-refractivity contribution in [2.45, 2.75) is 25.7 Å². The van der Waals surface area contributed by atoms with E-state index in [0.717, 1.165) is 24.5 Å². The molecule has 0 bridgehead atoms. The summed E-state index contributed by atoms with van der Waals surface area (Å²) in [6.45, 7) is 4.57. The van der Waals surface area contributed by atoms with E-state index in [1.54, 1.807) is 4.68 Å². The first-order valence-electron chi connectivity index (χ1n) is 8.31. The Morgan fingerprint density at radius 3 is 2.74 bits per heavy atom. The van der Waals surface area contributed by atoms with E-state index >= 15 is 0 Å². The van der Waals surface area contributed by atoms with Crippen LogP contribution < -0.4 is 5.32 Å². The molecular weight excluding hydrogens is 288 g/mol. The summed E-state index contributed by atoms with van der Waals surface area (Å²) < 4.78 is 1.77. The molecule has 0 aliphatic heterocycles. The molecule has 1 aromatic heterocycles. The molecule has 5 heteroatoms. The Hall–Kier alpha value is -2.14. The lowest BCUT2D eigenvalue weighted by molar-refractivity contribution is 0.0942. The molecule has 0 saturated heterocycles. The van der Waals surface area contributed by atoms with Crippen LogP contribution in [0.1, 0.15) is 41.9 Å². The number of carbonyl (C=O) groups excluding carboxylic acids is 1. The number of para-hydroxylation sites is 1. The summed E-state index contributed by atoms with van der Waals surface area (Å²) in [6.07, 6.45) is 2.35. The van der Waals surface area contributed by atoms with Gasteiger partial charge in [-0.25, -0.2) is 4.68 Å². The van der Waals surface area contributed by atoms with Crippen LogP contribution in [0.15, 0.2) is 36.4 Å². The van der Waals surface area contributed by atoms with E-state index in [1.165, 1.54) is 12.8 Å². The number of amides is 1. The second kappa shape index (κ2) is 6.96. The molecule has 0 spiro atoms. The number of nitrogens with one attached hydrogen (secondary N) is 1. The Morgan fingerprint density at radius 2 is 2.09 bits per heavy atom. The highest BCUT2D eigenvalue weighted by atomic mass is 16.2. The summed E-state index contributed by atoms with van der Waals surface area (Å²) in [5.74, 6) is 0.468. The largest absolute Gasteiger partial charge is 0.349 e. The highest BCUT2D eigenvalue weighted by Crippen LogP contribution is 2.39. The van der Waals surface area contributed by atoms with Crippen LogP contribution in [-0.2, 0) is 0 Å². The fourth-order valence-electron chi connectivity index (χ4n) is 2.51. The summed E-state index contributed by atoms with van der Waals surface area (Å²) in [4.78, 5) is 14.7. The summed E-state index contributed by atoms with van der Waals surface area (Å²) >= 11 is 0. The van der Waals surface area contributed by atoms with Crippen LogP contribution in [0.3, 0.4) is 0 Å². The monoisotopic (exact) mass is 312 g/mol. The maximum absolute atomic E-state index is 12.6.